The minimum Gasteiger partial charge on any atom is -0.494 e. The molecule has 0 heterocycles. The van der Waals surface area contributed by atoms with Gasteiger partial charge in [-0.3, -0.25) is 4.79 Å². The highest BCUT2D eigenvalue weighted by atomic mass is 16.5. The van der Waals surface area contributed by atoms with Crippen LogP contribution in [0, 0.1) is 13.8 Å². The van der Waals surface area contributed by atoms with Crippen LogP contribution in [0.15, 0.2) is 42.5 Å². The molecule has 0 aliphatic carbocycles. The minimum absolute atomic E-state index is 0.0914. The van der Waals surface area contributed by atoms with E-state index in [0.717, 1.165) is 28.9 Å². The van der Waals surface area contributed by atoms with Crippen LogP contribution >= 0.6 is 0 Å². The number of ketones is 1. The number of rotatable bonds is 15. The summed E-state index contributed by atoms with van der Waals surface area (Å²) in [5.41, 5.74) is 1.75. The summed E-state index contributed by atoms with van der Waals surface area (Å²) in [5, 5.41) is 9.33. The molecule has 190 valence electrons. The average molecular weight is 481 g/mol. The van der Waals surface area contributed by atoms with Crippen LogP contribution in [0.5, 0.6) is 11.5 Å². The summed E-state index contributed by atoms with van der Waals surface area (Å²) in [7, 11) is 0. The summed E-state index contributed by atoms with van der Waals surface area (Å²) < 4.78 is 11.6. The lowest BCUT2D eigenvalue weighted by molar-refractivity contribution is -0.152. The predicted octanol–water partition coefficient (Wildman–Crippen LogP) is 7.57. The summed E-state index contributed by atoms with van der Waals surface area (Å²) in [6.07, 6.45) is 12.0. The first-order valence-corrected chi connectivity index (χ1v) is 12.6. The average Bonchev–Trinajstić information content (AvgIpc) is 2.82. The summed E-state index contributed by atoms with van der Waals surface area (Å²) in [6, 6.07) is 11.0. The van der Waals surface area contributed by atoms with Crippen molar-refractivity contribution in [2.24, 2.45) is 0 Å². The quantitative estimate of drug-likeness (QED) is 0.162. The van der Waals surface area contributed by atoms with Gasteiger partial charge in [-0.25, -0.2) is 4.79 Å². The van der Waals surface area contributed by atoms with Crippen LogP contribution in [0.25, 0.3) is 6.08 Å². The van der Waals surface area contributed by atoms with Gasteiger partial charge in [-0.2, -0.15) is 0 Å². The number of ether oxygens (including phenoxy) is 2. The van der Waals surface area contributed by atoms with Crippen LogP contribution in [-0.2, 0) is 4.79 Å². The zero-order valence-corrected chi connectivity index (χ0v) is 21.9. The van der Waals surface area contributed by atoms with Crippen LogP contribution in [0.3, 0.4) is 0 Å². The molecule has 2 rings (SSSR count). The second-order valence-corrected chi connectivity index (χ2v) is 9.59. The van der Waals surface area contributed by atoms with Crippen LogP contribution in [-0.4, -0.2) is 29.1 Å². The van der Waals surface area contributed by atoms with Crippen molar-refractivity contribution in [1.29, 1.82) is 0 Å². The number of carbonyl (C=O) groups excluding carboxylic acids is 1. The molecule has 2 aromatic carbocycles. The first-order valence-electron chi connectivity index (χ1n) is 12.6. The predicted molar refractivity (Wildman–Crippen MR) is 142 cm³/mol. The van der Waals surface area contributed by atoms with Crippen molar-refractivity contribution < 1.29 is 24.2 Å². The number of unbranched alkanes of at least 4 members (excludes halogenated alkanes) is 6. The van der Waals surface area contributed by atoms with E-state index in [4.69, 9.17) is 9.47 Å². The molecule has 5 heteroatoms. The molecule has 0 fully saturated rings. The van der Waals surface area contributed by atoms with E-state index in [0.29, 0.717) is 17.9 Å². The molecule has 0 saturated carbocycles. The molecular weight excluding hydrogens is 440 g/mol. The SMILES string of the molecule is CCCCCCCCCOc1ccc(C(=O)C=Cc2cc(C)c(OC(C)(C)C(=O)O)c(C)c2)cc1. The highest BCUT2D eigenvalue weighted by molar-refractivity contribution is 6.06. The van der Waals surface area contributed by atoms with Gasteiger partial charge in [0.2, 0.25) is 0 Å². The fourth-order valence-corrected chi connectivity index (χ4v) is 3.77. The molecule has 0 aromatic heterocycles. The lowest BCUT2D eigenvalue weighted by Gasteiger charge is -2.24. The van der Waals surface area contributed by atoms with Gasteiger partial charge in [0.05, 0.1) is 6.61 Å². The monoisotopic (exact) mass is 480 g/mol. The molecule has 0 amide bonds. The molecule has 0 aliphatic heterocycles. The summed E-state index contributed by atoms with van der Waals surface area (Å²) in [4.78, 5) is 24.0. The minimum atomic E-state index is -1.33. The Labute approximate surface area is 210 Å². The van der Waals surface area contributed by atoms with Gasteiger partial charge < -0.3 is 14.6 Å². The van der Waals surface area contributed by atoms with Gasteiger partial charge in [-0.15, -0.1) is 0 Å². The maximum atomic E-state index is 12.6. The Morgan fingerprint density at radius 1 is 0.914 bits per heavy atom. The molecule has 0 atom stereocenters. The molecule has 0 bridgehead atoms. The number of benzene rings is 2. The van der Waals surface area contributed by atoms with Crippen molar-refractivity contribution in [2.75, 3.05) is 6.61 Å². The Kier molecular flexibility index (Phi) is 11.0. The Morgan fingerprint density at radius 2 is 1.49 bits per heavy atom. The van der Waals surface area contributed by atoms with Crippen molar-refractivity contribution in [3.8, 4) is 11.5 Å². The molecule has 5 nitrogen and oxygen atoms in total. The van der Waals surface area contributed by atoms with E-state index in [2.05, 4.69) is 6.92 Å². The van der Waals surface area contributed by atoms with Crippen molar-refractivity contribution in [1.82, 2.24) is 0 Å². The smallest absolute Gasteiger partial charge is 0.347 e. The van der Waals surface area contributed by atoms with Crippen LogP contribution in [0.1, 0.15) is 92.8 Å². The van der Waals surface area contributed by atoms with Crippen LogP contribution in [0.4, 0.5) is 0 Å². The third-order valence-electron chi connectivity index (χ3n) is 5.94. The van der Waals surface area contributed by atoms with E-state index in [1.54, 1.807) is 24.3 Å². The molecule has 0 radical (unpaired) electrons. The Morgan fingerprint density at radius 3 is 2.06 bits per heavy atom. The zero-order chi connectivity index (χ0) is 25.8. The first kappa shape index (κ1) is 28.2. The van der Waals surface area contributed by atoms with E-state index in [-0.39, 0.29) is 5.78 Å². The fraction of sp³-hybridized carbons (Fsp3) is 0.467. The molecular formula is C30H40O5. The van der Waals surface area contributed by atoms with E-state index >= 15 is 0 Å². The normalized spacial score (nSPS) is 11.6. The molecule has 2 aromatic rings. The number of hydrogen-bond donors (Lipinski definition) is 1. The maximum absolute atomic E-state index is 12.6. The maximum Gasteiger partial charge on any atom is 0.347 e. The second-order valence-electron chi connectivity index (χ2n) is 9.59. The Hall–Kier alpha value is -3.08. The first-order chi connectivity index (χ1) is 16.6. The topological polar surface area (TPSA) is 72.8 Å². The molecule has 35 heavy (non-hydrogen) atoms. The summed E-state index contributed by atoms with van der Waals surface area (Å²) in [6.45, 7) is 9.70. The standard InChI is InChI=1S/C30H40O5/c1-6-7-8-9-10-11-12-19-34-26-16-14-25(15-17-26)27(31)18-13-24-20-22(2)28(23(3)21-24)35-30(4,5)29(32)33/h13-18,20-21H,6-12,19H2,1-5H3,(H,32,33). The van der Waals surface area contributed by atoms with Crippen molar-refractivity contribution in [3.05, 3.63) is 64.7 Å². The molecule has 0 aliphatic rings. The molecule has 1 N–H and O–H groups in total. The molecule has 0 saturated heterocycles. The lowest BCUT2D eigenvalue weighted by atomic mass is 10.0. The van der Waals surface area contributed by atoms with E-state index in [1.165, 1.54) is 52.4 Å². The van der Waals surface area contributed by atoms with E-state index < -0.39 is 11.6 Å². The Balaban J connectivity index is 1.89. The highest BCUT2D eigenvalue weighted by Gasteiger charge is 2.30. The molecule has 0 spiro atoms. The van der Waals surface area contributed by atoms with Crippen molar-refractivity contribution in [2.45, 2.75) is 85.2 Å². The lowest BCUT2D eigenvalue weighted by Crippen LogP contribution is -2.38. The van der Waals surface area contributed by atoms with Gasteiger partial charge in [0, 0.05) is 5.56 Å². The largest absolute Gasteiger partial charge is 0.494 e. The third-order valence-corrected chi connectivity index (χ3v) is 5.94. The van der Waals surface area contributed by atoms with Gasteiger partial charge in [-0.05, 0) is 93.3 Å². The van der Waals surface area contributed by atoms with Gasteiger partial charge in [0.15, 0.2) is 11.4 Å². The zero-order valence-electron chi connectivity index (χ0n) is 21.9. The fourth-order valence-electron chi connectivity index (χ4n) is 3.77. The molecule has 0 unspecified atom stereocenters. The van der Waals surface area contributed by atoms with E-state index in [1.807, 2.05) is 38.1 Å². The van der Waals surface area contributed by atoms with Crippen molar-refractivity contribution in [3.63, 3.8) is 0 Å². The number of carboxylic acid groups (broad SMARTS) is 1. The number of allylic oxidation sites excluding steroid dienone is 1. The number of hydrogen-bond acceptors (Lipinski definition) is 4. The second kappa shape index (κ2) is 13.7. The number of aryl methyl sites for hydroxylation is 2. The number of carboxylic acids is 1. The van der Waals surface area contributed by atoms with Gasteiger partial charge in [0.25, 0.3) is 0 Å². The summed E-state index contributed by atoms with van der Waals surface area (Å²) >= 11 is 0. The van der Waals surface area contributed by atoms with Crippen LogP contribution in [0.2, 0.25) is 0 Å². The van der Waals surface area contributed by atoms with Gasteiger partial charge in [0.1, 0.15) is 11.5 Å². The number of aliphatic carboxylic acids is 1. The van der Waals surface area contributed by atoms with Gasteiger partial charge >= 0.3 is 5.97 Å². The number of carbonyl (C=O) groups is 2. The Bertz CT molecular complexity index is 979. The summed E-state index contributed by atoms with van der Waals surface area (Å²) in [5.74, 6) is 0.210. The van der Waals surface area contributed by atoms with E-state index in [9.17, 15) is 14.7 Å². The van der Waals surface area contributed by atoms with Gasteiger partial charge in [-0.1, -0.05) is 51.5 Å². The van der Waals surface area contributed by atoms with Crippen molar-refractivity contribution >= 4 is 17.8 Å². The van der Waals surface area contributed by atoms with Crippen LogP contribution < -0.4 is 9.47 Å². The third kappa shape index (κ3) is 9.23. The highest BCUT2D eigenvalue weighted by Crippen LogP contribution is 2.29.